The fraction of sp³-hybridized carbons (Fsp3) is 0.312. The molecule has 1 aliphatic heterocycles. The number of benzene rings is 3. The summed E-state index contributed by atoms with van der Waals surface area (Å²) < 4.78 is 38.0. The summed E-state index contributed by atoms with van der Waals surface area (Å²) in [4.78, 5) is 46.5. The summed E-state index contributed by atoms with van der Waals surface area (Å²) in [5.74, 6) is -2.99. The lowest BCUT2D eigenvalue weighted by atomic mass is 9.86. The van der Waals surface area contributed by atoms with Crippen LogP contribution >= 0.6 is 11.6 Å². The number of ether oxygens (including phenoxy) is 2. The number of urea groups is 1. The van der Waals surface area contributed by atoms with Gasteiger partial charge in [0, 0.05) is 42.5 Å². The first-order chi connectivity index (χ1) is 20.4. The third kappa shape index (κ3) is 7.75. The lowest BCUT2D eigenvalue weighted by molar-refractivity contribution is -0.151. The zero-order chi connectivity index (χ0) is 31.3. The van der Waals surface area contributed by atoms with Gasteiger partial charge in [0.25, 0.3) is 5.91 Å². The smallest absolute Gasteiger partial charge is 0.344 e. The third-order valence-electron chi connectivity index (χ3n) is 6.88. The van der Waals surface area contributed by atoms with E-state index in [-0.39, 0.29) is 30.1 Å². The molecule has 0 aromatic heterocycles. The summed E-state index contributed by atoms with van der Waals surface area (Å²) in [5.41, 5.74) is 1.41. The molecule has 2 atom stereocenters. The van der Waals surface area contributed by atoms with Crippen molar-refractivity contribution in [1.82, 2.24) is 9.80 Å². The molecule has 0 saturated carbocycles. The van der Waals surface area contributed by atoms with Crippen LogP contribution in [0.4, 0.5) is 13.6 Å². The van der Waals surface area contributed by atoms with E-state index in [1.54, 1.807) is 64.2 Å². The predicted molar refractivity (Wildman–Crippen MR) is 159 cm³/mol. The standard InChI is InChI=1S/C32H32ClF2N3O5/c1-19(2)42-31(40)28-20(3)36-32(41)38(29(28)22-7-5-8-23(33)17-22)16-6-15-37(4)30(39)21-9-12-25(13-10-21)43-27-14-11-24(34)18-26(27)35/h5,7-14,17-19,28-29H,6,15-16H2,1-4H3. The van der Waals surface area contributed by atoms with Gasteiger partial charge >= 0.3 is 12.0 Å². The van der Waals surface area contributed by atoms with Gasteiger partial charge in [0.2, 0.25) is 0 Å². The van der Waals surface area contributed by atoms with Crippen molar-refractivity contribution >= 4 is 35.2 Å². The molecular formula is C32H32ClF2N3O5. The Hall–Kier alpha value is -4.31. The average molecular weight is 612 g/mol. The topological polar surface area (TPSA) is 88.5 Å². The minimum absolute atomic E-state index is 0.139. The van der Waals surface area contributed by atoms with Crippen molar-refractivity contribution in [3.63, 3.8) is 0 Å². The number of carbonyl (C=O) groups excluding carboxylic acids is 3. The van der Waals surface area contributed by atoms with Crippen LogP contribution in [0.2, 0.25) is 5.02 Å². The van der Waals surface area contributed by atoms with Gasteiger partial charge in [-0.25, -0.2) is 18.6 Å². The third-order valence-corrected chi connectivity index (χ3v) is 7.11. The van der Waals surface area contributed by atoms with Gasteiger partial charge in [-0.05, 0) is 81.3 Å². The van der Waals surface area contributed by atoms with Crippen molar-refractivity contribution in [2.45, 2.75) is 39.3 Å². The van der Waals surface area contributed by atoms with Gasteiger partial charge in [-0.2, -0.15) is 0 Å². The average Bonchev–Trinajstić information content (AvgIpc) is 2.94. The number of halogens is 3. The number of rotatable bonds is 10. The molecule has 3 aromatic carbocycles. The maximum Gasteiger partial charge on any atom is 0.344 e. The van der Waals surface area contributed by atoms with E-state index in [9.17, 15) is 23.2 Å². The first-order valence-corrected chi connectivity index (χ1v) is 14.1. The number of nitrogens with zero attached hydrogens (tertiary/aromatic N) is 3. The van der Waals surface area contributed by atoms with Crippen LogP contribution in [-0.4, -0.2) is 59.7 Å². The van der Waals surface area contributed by atoms with Gasteiger partial charge in [-0.3, -0.25) is 9.59 Å². The predicted octanol–water partition coefficient (Wildman–Crippen LogP) is 7.08. The molecule has 8 nitrogen and oxygen atoms in total. The van der Waals surface area contributed by atoms with Crippen molar-refractivity contribution in [1.29, 1.82) is 0 Å². The fourth-order valence-electron chi connectivity index (χ4n) is 4.87. The van der Waals surface area contributed by atoms with Crippen LogP contribution in [0, 0.1) is 17.6 Å². The Morgan fingerprint density at radius 3 is 2.44 bits per heavy atom. The molecule has 2 unspecified atom stereocenters. The SMILES string of the molecule is CC1=NC(=O)N(CCCN(C)C(=O)c2ccc(Oc3ccc(F)cc3F)cc2)C(c2cccc(Cl)c2)C1C(=O)OC(C)C. The molecule has 0 radical (unpaired) electrons. The van der Waals surface area contributed by atoms with E-state index in [4.69, 9.17) is 21.1 Å². The molecule has 11 heteroatoms. The second kappa shape index (κ2) is 13.8. The van der Waals surface area contributed by atoms with E-state index in [1.807, 2.05) is 0 Å². The van der Waals surface area contributed by atoms with Crippen LogP contribution < -0.4 is 4.74 Å². The largest absolute Gasteiger partial charge is 0.462 e. The maximum atomic E-state index is 13.9. The molecule has 43 heavy (non-hydrogen) atoms. The fourth-order valence-corrected chi connectivity index (χ4v) is 5.06. The Labute approximate surface area is 253 Å². The van der Waals surface area contributed by atoms with Crippen molar-refractivity contribution in [3.05, 3.63) is 94.5 Å². The molecule has 0 N–H and O–H groups in total. The van der Waals surface area contributed by atoms with Gasteiger partial charge in [0.1, 0.15) is 17.5 Å². The van der Waals surface area contributed by atoms with Crippen LogP contribution in [0.3, 0.4) is 0 Å². The molecule has 3 aromatic rings. The van der Waals surface area contributed by atoms with Crippen LogP contribution in [0.15, 0.2) is 71.7 Å². The summed E-state index contributed by atoms with van der Waals surface area (Å²) in [5, 5.41) is 0.464. The number of hydrogen-bond acceptors (Lipinski definition) is 5. The highest BCUT2D eigenvalue weighted by molar-refractivity contribution is 6.30. The number of carbonyl (C=O) groups is 3. The first kappa shape index (κ1) is 31.6. The molecular weight excluding hydrogens is 580 g/mol. The summed E-state index contributed by atoms with van der Waals surface area (Å²) in [6.07, 6.45) is 0.0483. The molecule has 1 heterocycles. The highest BCUT2D eigenvalue weighted by atomic mass is 35.5. The molecule has 4 rings (SSSR count). The Bertz CT molecular complexity index is 1530. The van der Waals surface area contributed by atoms with Crippen molar-refractivity contribution in [2.75, 3.05) is 20.1 Å². The molecule has 3 amide bonds. The summed E-state index contributed by atoms with van der Waals surface area (Å²) in [7, 11) is 1.64. The highest BCUT2D eigenvalue weighted by Gasteiger charge is 2.43. The van der Waals surface area contributed by atoms with Gasteiger partial charge in [0.15, 0.2) is 11.6 Å². The normalized spacial score (nSPS) is 16.6. The van der Waals surface area contributed by atoms with Crippen LogP contribution in [0.1, 0.15) is 49.2 Å². The lowest BCUT2D eigenvalue weighted by Gasteiger charge is -2.39. The first-order valence-electron chi connectivity index (χ1n) is 13.7. The number of amides is 3. The Morgan fingerprint density at radius 2 is 1.79 bits per heavy atom. The lowest BCUT2D eigenvalue weighted by Crippen LogP contribution is -2.48. The monoisotopic (exact) mass is 611 g/mol. The molecule has 226 valence electrons. The molecule has 0 aliphatic carbocycles. The Balaban J connectivity index is 1.44. The molecule has 0 bridgehead atoms. The second-order valence-electron chi connectivity index (χ2n) is 10.5. The summed E-state index contributed by atoms with van der Waals surface area (Å²) in [6.45, 7) is 5.66. The Morgan fingerprint density at radius 1 is 1.07 bits per heavy atom. The molecule has 0 spiro atoms. The zero-order valence-electron chi connectivity index (χ0n) is 24.2. The van der Waals surface area contributed by atoms with E-state index in [0.717, 1.165) is 12.1 Å². The number of aliphatic imine (C=N–C) groups is 1. The van der Waals surface area contributed by atoms with Crippen molar-refractivity contribution in [2.24, 2.45) is 10.9 Å². The van der Waals surface area contributed by atoms with E-state index in [1.165, 1.54) is 28.0 Å². The Kier molecular flexibility index (Phi) is 10.1. The van der Waals surface area contributed by atoms with Gasteiger partial charge < -0.3 is 19.3 Å². The van der Waals surface area contributed by atoms with Crippen molar-refractivity contribution in [3.8, 4) is 11.5 Å². The molecule has 0 saturated heterocycles. The molecule has 1 aliphatic rings. The summed E-state index contributed by atoms with van der Waals surface area (Å²) >= 11 is 6.27. The quantitative estimate of drug-likeness (QED) is 0.229. The highest BCUT2D eigenvalue weighted by Crippen LogP contribution is 2.36. The van der Waals surface area contributed by atoms with E-state index >= 15 is 0 Å². The van der Waals surface area contributed by atoms with Crippen molar-refractivity contribution < 1.29 is 32.6 Å². The minimum Gasteiger partial charge on any atom is -0.462 e. The van der Waals surface area contributed by atoms with Crippen LogP contribution in [0.25, 0.3) is 0 Å². The zero-order valence-corrected chi connectivity index (χ0v) is 25.0. The van der Waals surface area contributed by atoms with E-state index in [2.05, 4.69) is 4.99 Å². The number of hydrogen-bond donors (Lipinski definition) is 0. The maximum absolute atomic E-state index is 13.9. The van der Waals surface area contributed by atoms with Gasteiger partial charge in [-0.15, -0.1) is 0 Å². The van der Waals surface area contributed by atoms with Gasteiger partial charge in [-0.1, -0.05) is 23.7 Å². The van der Waals surface area contributed by atoms with Crippen LogP contribution in [-0.2, 0) is 9.53 Å². The second-order valence-corrected chi connectivity index (χ2v) is 10.9. The minimum atomic E-state index is -0.839. The van der Waals surface area contributed by atoms with Crippen LogP contribution in [0.5, 0.6) is 11.5 Å². The van der Waals surface area contributed by atoms with E-state index < -0.39 is 35.6 Å². The molecule has 0 fully saturated rings. The van der Waals surface area contributed by atoms with Gasteiger partial charge in [0.05, 0.1) is 12.1 Å². The number of esters is 1. The summed E-state index contributed by atoms with van der Waals surface area (Å²) in [6, 6.07) is 14.9. The van der Waals surface area contributed by atoms with E-state index in [0.29, 0.717) is 34.8 Å².